The van der Waals surface area contributed by atoms with E-state index >= 15 is 0 Å². The van der Waals surface area contributed by atoms with Crippen LogP contribution in [0.3, 0.4) is 0 Å². The van der Waals surface area contributed by atoms with Crippen molar-refractivity contribution in [3.8, 4) is 11.4 Å². The Balaban J connectivity index is 1.69. The molecule has 0 saturated heterocycles. The summed E-state index contributed by atoms with van der Waals surface area (Å²) in [6.07, 6.45) is 0. The molecule has 0 aliphatic carbocycles. The summed E-state index contributed by atoms with van der Waals surface area (Å²) >= 11 is 0. The molecule has 2 aromatic heterocycles. The van der Waals surface area contributed by atoms with Gasteiger partial charge in [-0.05, 0) is 30.3 Å². The predicted molar refractivity (Wildman–Crippen MR) is 152 cm³/mol. The molecular formula is C31H23N5O. The van der Waals surface area contributed by atoms with Gasteiger partial charge in [-0.3, -0.25) is 4.79 Å². The maximum atomic E-state index is 12.8. The van der Waals surface area contributed by atoms with Crippen molar-refractivity contribution in [1.82, 2.24) is 9.13 Å². The average molecular weight is 482 g/mol. The summed E-state index contributed by atoms with van der Waals surface area (Å²) in [4.78, 5) is 12.8. The number of hydrogen-bond acceptors (Lipinski definition) is 3. The number of carbonyl (C=O) groups is 1. The topological polar surface area (TPSA) is 105 Å². The van der Waals surface area contributed by atoms with E-state index < -0.39 is 5.91 Å². The number of fused-ring (bicyclic) bond motifs is 6. The fourth-order valence-corrected chi connectivity index (χ4v) is 5.71. The number of benzene rings is 5. The molecule has 5 aromatic carbocycles. The highest BCUT2D eigenvalue weighted by Gasteiger charge is 2.25. The molecule has 1 amide bonds. The second kappa shape index (κ2) is 7.63. The van der Waals surface area contributed by atoms with Crippen LogP contribution in [0.4, 0.5) is 11.4 Å². The highest BCUT2D eigenvalue weighted by molar-refractivity contribution is 6.14. The van der Waals surface area contributed by atoms with Gasteiger partial charge in [-0.25, -0.2) is 0 Å². The van der Waals surface area contributed by atoms with E-state index in [2.05, 4.69) is 41.0 Å². The van der Waals surface area contributed by atoms with Crippen LogP contribution in [0, 0.1) is 0 Å². The minimum absolute atomic E-state index is 0.269. The first-order valence-electron chi connectivity index (χ1n) is 12.0. The summed E-state index contributed by atoms with van der Waals surface area (Å²) < 4.78 is 4.11. The molecule has 0 spiro atoms. The monoisotopic (exact) mass is 481 g/mol. The maximum Gasteiger partial charge on any atom is 0.250 e. The smallest absolute Gasteiger partial charge is 0.250 e. The van der Waals surface area contributed by atoms with Gasteiger partial charge < -0.3 is 26.3 Å². The molecule has 37 heavy (non-hydrogen) atoms. The van der Waals surface area contributed by atoms with Gasteiger partial charge in [0.15, 0.2) is 0 Å². The van der Waals surface area contributed by atoms with E-state index in [9.17, 15) is 4.79 Å². The quantitative estimate of drug-likeness (QED) is 0.264. The molecule has 0 bridgehead atoms. The van der Waals surface area contributed by atoms with E-state index in [0.29, 0.717) is 22.7 Å². The van der Waals surface area contributed by atoms with Crippen molar-refractivity contribution >= 4 is 60.9 Å². The third-order valence-electron chi connectivity index (χ3n) is 7.21. The summed E-state index contributed by atoms with van der Waals surface area (Å²) in [5.41, 5.74) is 25.6. The first kappa shape index (κ1) is 21.1. The normalized spacial score (nSPS) is 11.7. The van der Waals surface area contributed by atoms with E-state index in [-0.39, 0.29) is 5.56 Å². The zero-order chi connectivity index (χ0) is 25.3. The number of rotatable bonds is 3. The molecule has 0 saturated carbocycles. The molecule has 6 nitrogen and oxygen atoms in total. The minimum atomic E-state index is -0.593. The van der Waals surface area contributed by atoms with Gasteiger partial charge in [-0.15, -0.1) is 0 Å². The van der Waals surface area contributed by atoms with Crippen LogP contribution in [0.25, 0.3) is 55.0 Å². The van der Waals surface area contributed by atoms with Crippen LogP contribution in [-0.2, 0) is 0 Å². The molecule has 6 heteroatoms. The van der Waals surface area contributed by atoms with Crippen LogP contribution in [0.15, 0.2) is 103 Å². The lowest BCUT2D eigenvalue weighted by molar-refractivity contribution is 0.100. The zero-order valence-corrected chi connectivity index (χ0v) is 19.8. The lowest BCUT2D eigenvalue weighted by atomic mass is 10.1. The van der Waals surface area contributed by atoms with Gasteiger partial charge in [0, 0.05) is 21.5 Å². The van der Waals surface area contributed by atoms with E-state index in [0.717, 1.165) is 43.6 Å². The molecule has 0 aliphatic rings. The van der Waals surface area contributed by atoms with Crippen LogP contribution in [0.2, 0.25) is 0 Å². The third-order valence-corrected chi connectivity index (χ3v) is 7.21. The molecule has 0 fully saturated rings. The van der Waals surface area contributed by atoms with Crippen molar-refractivity contribution in [2.75, 3.05) is 11.5 Å². The number of hydrogen-bond donors (Lipinski definition) is 3. The number of nitrogens with zero attached hydrogens (tertiary/aromatic N) is 2. The molecule has 7 rings (SSSR count). The largest absolute Gasteiger partial charge is 0.397 e. The minimum Gasteiger partial charge on any atom is -0.397 e. The zero-order valence-electron chi connectivity index (χ0n) is 19.8. The summed E-state index contributed by atoms with van der Waals surface area (Å²) in [6.45, 7) is 0. The van der Waals surface area contributed by atoms with E-state index in [1.54, 1.807) is 6.07 Å². The third kappa shape index (κ3) is 2.84. The first-order chi connectivity index (χ1) is 18.1. The van der Waals surface area contributed by atoms with Crippen molar-refractivity contribution in [3.05, 3.63) is 109 Å². The van der Waals surface area contributed by atoms with Gasteiger partial charge in [-0.1, -0.05) is 72.8 Å². The van der Waals surface area contributed by atoms with Crippen molar-refractivity contribution in [1.29, 1.82) is 0 Å². The Morgan fingerprint density at radius 1 is 0.541 bits per heavy atom. The molecule has 2 heterocycles. The van der Waals surface area contributed by atoms with Gasteiger partial charge in [0.25, 0.3) is 5.91 Å². The Bertz CT molecular complexity index is 1940. The summed E-state index contributed by atoms with van der Waals surface area (Å²) in [7, 11) is 0. The highest BCUT2D eigenvalue weighted by atomic mass is 16.1. The van der Waals surface area contributed by atoms with E-state index in [1.165, 1.54) is 0 Å². The SMILES string of the molecule is NC(=O)c1cc(N)c(-n2c3ccccc3c3ccccc32)c(N)c1-n1c2ccccc2c2ccccc21. The summed E-state index contributed by atoms with van der Waals surface area (Å²) in [5, 5.41) is 4.30. The molecule has 178 valence electrons. The number of aromatic nitrogens is 2. The molecule has 7 aromatic rings. The van der Waals surface area contributed by atoms with Gasteiger partial charge in [0.05, 0.1) is 50.4 Å². The highest BCUT2D eigenvalue weighted by Crippen LogP contribution is 2.42. The molecule has 0 aliphatic heterocycles. The number of nitrogen functional groups attached to an aromatic ring is 2. The van der Waals surface area contributed by atoms with Gasteiger partial charge in [0.1, 0.15) is 0 Å². The average Bonchev–Trinajstić information content (AvgIpc) is 3.42. The lowest BCUT2D eigenvalue weighted by Gasteiger charge is -2.21. The number of primary amides is 1. The van der Waals surface area contributed by atoms with Crippen LogP contribution >= 0.6 is 0 Å². The molecule has 0 radical (unpaired) electrons. The number of anilines is 2. The predicted octanol–water partition coefficient (Wildman–Crippen LogP) is 6.14. The fourth-order valence-electron chi connectivity index (χ4n) is 5.71. The molecular weight excluding hydrogens is 458 g/mol. The number of nitrogens with two attached hydrogens (primary N) is 3. The Morgan fingerprint density at radius 3 is 1.27 bits per heavy atom. The second-order valence-electron chi connectivity index (χ2n) is 9.23. The number of amides is 1. The van der Waals surface area contributed by atoms with Gasteiger partial charge in [-0.2, -0.15) is 0 Å². The van der Waals surface area contributed by atoms with E-state index in [4.69, 9.17) is 17.2 Å². The number of para-hydroxylation sites is 4. The summed E-state index contributed by atoms with van der Waals surface area (Å²) in [6, 6.07) is 34.1. The van der Waals surface area contributed by atoms with Crippen LogP contribution in [0.5, 0.6) is 0 Å². The van der Waals surface area contributed by atoms with Crippen LogP contribution in [0.1, 0.15) is 10.4 Å². The number of carbonyl (C=O) groups excluding carboxylic acids is 1. The Hall–Kier alpha value is -5.23. The standard InChI is InChI=1S/C31H23N5O/c32-23-17-22(31(34)37)29(35-24-13-5-1-9-18(24)19-10-2-6-14-25(19)35)28(33)30(23)36-26-15-7-3-11-20(26)21-12-4-8-16-27(21)36/h1-17H,32-33H2,(H2,34,37). The van der Waals surface area contributed by atoms with Crippen LogP contribution in [-0.4, -0.2) is 15.0 Å². The Morgan fingerprint density at radius 2 is 0.892 bits per heavy atom. The van der Waals surface area contributed by atoms with E-state index in [1.807, 2.05) is 65.2 Å². The fraction of sp³-hybridized carbons (Fsp3) is 0. The first-order valence-corrected chi connectivity index (χ1v) is 12.0. The Kier molecular flexibility index (Phi) is 4.35. The van der Waals surface area contributed by atoms with Gasteiger partial charge in [0.2, 0.25) is 0 Å². The lowest BCUT2D eigenvalue weighted by Crippen LogP contribution is -2.19. The Labute approximate surface area is 212 Å². The molecule has 6 N–H and O–H groups in total. The molecule has 0 atom stereocenters. The maximum absolute atomic E-state index is 12.8. The second-order valence-corrected chi connectivity index (χ2v) is 9.23. The van der Waals surface area contributed by atoms with Crippen molar-refractivity contribution in [2.24, 2.45) is 5.73 Å². The summed E-state index contributed by atoms with van der Waals surface area (Å²) in [5.74, 6) is -0.593. The van der Waals surface area contributed by atoms with Crippen molar-refractivity contribution in [2.45, 2.75) is 0 Å². The molecule has 0 unspecified atom stereocenters. The van der Waals surface area contributed by atoms with Crippen molar-refractivity contribution < 1.29 is 4.79 Å². The van der Waals surface area contributed by atoms with Crippen LogP contribution < -0.4 is 17.2 Å². The van der Waals surface area contributed by atoms with Crippen molar-refractivity contribution in [3.63, 3.8) is 0 Å². The van der Waals surface area contributed by atoms with Gasteiger partial charge >= 0.3 is 0 Å².